The largest absolute Gasteiger partial charge is 0.457 e. The zero-order valence-corrected chi connectivity index (χ0v) is 17.0. The molecule has 1 aromatic heterocycles. The number of nitrogens with zero attached hydrogens (tertiary/aromatic N) is 2. The molecule has 0 bridgehead atoms. The summed E-state index contributed by atoms with van der Waals surface area (Å²) in [6, 6.07) is 23.1. The molecule has 2 heterocycles. The molecule has 1 aliphatic heterocycles. The van der Waals surface area contributed by atoms with Crippen LogP contribution in [0.4, 0.5) is 0 Å². The van der Waals surface area contributed by atoms with Crippen LogP contribution in [0.25, 0.3) is 22.6 Å². The molecule has 5 rings (SSSR count). The van der Waals surface area contributed by atoms with Gasteiger partial charge in [0.1, 0.15) is 17.0 Å². The van der Waals surface area contributed by atoms with E-state index in [1.54, 1.807) is 0 Å². The number of amides is 1. The number of ether oxygens (including phenoxy) is 1. The summed E-state index contributed by atoms with van der Waals surface area (Å²) in [5.74, 6) is 2.14. The summed E-state index contributed by atoms with van der Waals surface area (Å²) in [4.78, 5) is 16.3. The number of carbonyl (C=O) groups is 1. The summed E-state index contributed by atoms with van der Waals surface area (Å²) in [6.07, 6.45) is 1.30. The van der Waals surface area contributed by atoms with E-state index in [1.807, 2.05) is 72.8 Å². The van der Waals surface area contributed by atoms with Gasteiger partial charge in [-0.2, -0.15) is 5.10 Å². The van der Waals surface area contributed by atoms with Gasteiger partial charge in [0.2, 0.25) is 11.8 Å². The summed E-state index contributed by atoms with van der Waals surface area (Å²) in [5.41, 5.74) is 6.73. The monoisotopic (exact) mass is 411 g/mol. The lowest BCUT2D eigenvalue weighted by Crippen LogP contribution is -2.33. The number of benzene rings is 3. The summed E-state index contributed by atoms with van der Waals surface area (Å²) < 4.78 is 11.9. The fraction of sp³-hybridized carbons (Fsp3) is 0.160. The van der Waals surface area contributed by atoms with Crippen LogP contribution >= 0.6 is 0 Å². The van der Waals surface area contributed by atoms with E-state index in [1.165, 1.54) is 0 Å². The molecule has 0 fully saturated rings. The van der Waals surface area contributed by atoms with Gasteiger partial charge in [-0.05, 0) is 55.0 Å². The Balaban J connectivity index is 1.41. The van der Waals surface area contributed by atoms with Crippen LogP contribution in [0.5, 0.6) is 11.5 Å². The Morgan fingerprint density at radius 2 is 1.74 bits per heavy atom. The number of nitrogens with one attached hydrogen (secondary N) is 1. The lowest BCUT2D eigenvalue weighted by Gasteiger charge is -2.21. The maximum atomic E-state index is 11.7. The lowest BCUT2D eigenvalue weighted by atomic mass is 9.90. The zero-order valence-electron chi connectivity index (χ0n) is 17.0. The molecule has 1 aliphatic rings. The predicted octanol–water partition coefficient (Wildman–Crippen LogP) is 5.54. The molecule has 0 saturated carbocycles. The fourth-order valence-electron chi connectivity index (χ4n) is 3.72. The molecule has 154 valence electrons. The number of hydrogen-bond donors (Lipinski definition) is 1. The van der Waals surface area contributed by atoms with Crippen molar-refractivity contribution in [1.82, 2.24) is 10.4 Å². The molecular formula is C25H21N3O3. The van der Waals surface area contributed by atoms with Crippen molar-refractivity contribution in [2.75, 3.05) is 0 Å². The molecule has 6 nitrogen and oxygen atoms in total. The molecule has 1 N–H and O–H groups in total. The van der Waals surface area contributed by atoms with E-state index in [0.29, 0.717) is 17.9 Å². The number of oxazole rings is 1. The van der Waals surface area contributed by atoms with Crippen LogP contribution in [0, 0.1) is 5.92 Å². The summed E-state index contributed by atoms with van der Waals surface area (Å²) in [6.45, 7) is 2.06. The molecular weight excluding hydrogens is 390 g/mol. The average molecular weight is 411 g/mol. The van der Waals surface area contributed by atoms with Crippen molar-refractivity contribution in [3.05, 3.63) is 78.4 Å². The van der Waals surface area contributed by atoms with Gasteiger partial charge in [-0.3, -0.25) is 4.79 Å². The van der Waals surface area contributed by atoms with Crippen LogP contribution in [0.2, 0.25) is 0 Å². The standard InChI is InChI=1S/C25H21N3O3/c1-2-16-15-23(29)27-28-24(16)18-10-13-21-22(14-18)31-25(26-21)17-8-11-20(12-9-17)30-19-6-4-3-5-7-19/h3-14,16H,2,15H2,1H3,(H,27,29). The smallest absolute Gasteiger partial charge is 0.240 e. The summed E-state index contributed by atoms with van der Waals surface area (Å²) in [5, 5.41) is 4.29. The molecule has 6 heteroatoms. The molecule has 1 atom stereocenters. The number of aromatic nitrogens is 1. The zero-order chi connectivity index (χ0) is 21.2. The number of para-hydroxylation sites is 1. The molecule has 0 radical (unpaired) electrons. The van der Waals surface area contributed by atoms with Crippen LogP contribution in [0.15, 0.2) is 82.3 Å². The maximum Gasteiger partial charge on any atom is 0.240 e. The van der Waals surface area contributed by atoms with Crippen LogP contribution < -0.4 is 10.2 Å². The van der Waals surface area contributed by atoms with E-state index in [9.17, 15) is 4.79 Å². The van der Waals surface area contributed by atoms with E-state index in [2.05, 4.69) is 22.4 Å². The summed E-state index contributed by atoms with van der Waals surface area (Å²) in [7, 11) is 0. The minimum absolute atomic E-state index is 0.0432. The van der Waals surface area contributed by atoms with E-state index >= 15 is 0 Å². The second kappa shape index (κ2) is 8.07. The van der Waals surface area contributed by atoms with E-state index in [0.717, 1.165) is 40.3 Å². The Kier molecular flexibility index (Phi) is 4.96. The molecule has 3 aromatic carbocycles. The van der Waals surface area contributed by atoms with Gasteiger partial charge in [0, 0.05) is 23.5 Å². The first kappa shape index (κ1) is 19.1. The van der Waals surface area contributed by atoms with Gasteiger partial charge >= 0.3 is 0 Å². The Morgan fingerprint density at radius 3 is 2.52 bits per heavy atom. The highest BCUT2D eigenvalue weighted by molar-refractivity contribution is 6.07. The molecule has 1 amide bonds. The molecule has 0 saturated heterocycles. The minimum atomic E-state index is -0.0432. The van der Waals surface area contributed by atoms with Gasteiger partial charge in [0.15, 0.2) is 5.58 Å². The third-order valence-corrected chi connectivity index (χ3v) is 5.38. The molecule has 4 aromatic rings. The normalized spacial score (nSPS) is 16.1. The van der Waals surface area contributed by atoms with Crippen molar-refractivity contribution in [2.24, 2.45) is 11.0 Å². The second-order valence-corrected chi connectivity index (χ2v) is 7.48. The number of carbonyl (C=O) groups excluding carboxylic acids is 1. The van der Waals surface area contributed by atoms with Crippen LogP contribution in [-0.2, 0) is 4.79 Å². The van der Waals surface area contributed by atoms with Gasteiger partial charge in [0.25, 0.3) is 0 Å². The molecule has 0 spiro atoms. The number of fused-ring (bicyclic) bond motifs is 1. The SMILES string of the molecule is CCC1CC(=O)NN=C1c1ccc2nc(-c3ccc(Oc4ccccc4)cc3)oc2c1. The number of rotatable bonds is 5. The molecule has 1 unspecified atom stereocenters. The van der Waals surface area contributed by atoms with Crippen molar-refractivity contribution in [3.8, 4) is 23.0 Å². The first-order chi connectivity index (χ1) is 15.2. The van der Waals surface area contributed by atoms with Gasteiger partial charge < -0.3 is 9.15 Å². The number of hydrazone groups is 1. The van der Waals surface area contributed by atoms with Crippen molar-refractivity contribution in [1.29, 1.82) is 0 Å². The minimum Gasteiger partial charge on any atom is -0.457 e. The van der Waals surface area contributed by atoms with E-state index in [4.69, 9.17) is 9.15 Å². The fourth-order valence-corrected chi connectivity index (χ4v) is 3.72. The Morgan fingerprint density at radius 1 is 1.00 bits per heavy atom. The first-order valence-electron chi connectivity index (χ1n) is 10.3. The lowest BCUT2D eigenvalue weighted by molar-refractivity contribution is -0.122. The predicted molar refractivity (Wildman–Crippen MR) is 119 cm³/mol. The maximum absolute atomic E-state index is 11.7. The highest BCUT2D eigenvalue weighted by Crippen LogP contribution is 2.29. The van der Waals surface area contributed by atoms with Gasteiger partial charge in [-0.25, -0.2) is 10.4 Å². The summed E-state index contributed by atoms with van der Waals surface area (Å²) >= 11 is 0. The van der Waals surface area contributed by atoms with Crippen LogP contribution in [0.3, 0.4) is 0 Å². The Hall–Kier alpha value is -3.93. The molecule has 0 aliphatic carbocycles. The highest BCUT2D eigenvalue weighted by Gasteiger charge is 2.24. The third-order valence-electron chi connectivity index (χ3n) is 5.38. The van der Waals surface area contributed by atoms with Gasteiger partial charge in [-0.15, -0.1) is 0 Å². The Bertz CT molecular complexity index is 1260. The van der Waals surface area contributed by atoms with Gasteiger partial charge in [0.05, 0.1) is 5.71 Å². The topological polar surface area (TPSA) is 76.7 Å². The number of hydrogen-bond acceptors (Lipinski definition) is 5. The van der Waals surface area contributed by atoms with Crippen molar-refractivity contribution >= 4 is 22.7 Å². The highest BCUT2D eigenvalue weighted by atomic mass is 16.5. The van der Waals surface area contributed by atoms with Crippen molar-refractivity contribution in [3.63, 3.8) is 0 Å². The third kappa shape index (κ3) is 3.92. The second-order valence-electron chi connectivity index (χ2n) is 7.48. The van der Waals surface area contributed by atoms with Gasteiger partial charge in [-0.1, -0.05) is 31.2 Å². The average Bonchev–Trinajstić information content (AvgIpc) is 3.23. The van der Waals surface area contributed by atoms with Crippen LogP contribution in [0.1, 0.15) is 25.3 Å². The van der Waals surface area contributed by atoms with E-state index in [-0.39, 0.29) is 11.8 Å². The molecule has 31 heavy (non-hydrogen) atoms. The van der Waals surface area contributed by atoms with Crippen LogP contribution in [-0.4, -0.2) is 16.6 Å². The van der Waals surface area contributed by atoms with E-state index < -0.39 is 0 Å². The Labute approximate surface area is 179 Å². The van der Waals surface area contributed by atoms with Crippen molar-refractivity contribution < 1.29 is 13.9 Å². The van der Waals surface area contributed by atoms with Crippen molar-refractivity contribution in [2.45, 2.75) is 19.8 Å². The first-order valence-corrected chi connectivity index (χ1v) is 10.3. The quantitative estimate of drug-likeness (QED) is 0.468.